The topological polar surface area (TPSA) is 83.0 Å². The molecule has 0 aliphatic rings. The number of H-pyrrole nitrogens is 1. The van der Waals surface area contributed by atoms with Gasteiger partial charge < -0.3 is 0 Å². The van der Waals surface area contributed by atoms with Crippen LogP contribution in [0.4, 0.5) is 0 Å². The summed E-state index contributed by atoms with van der Waals surface area (Å²) in [6.07, 6.45) is 0.779. The molecule has 0 atom stereocenters. The van der Waals surface area contributed by atoms with Gasteiger partial charge in [0, 0.05) is 17.0 Å². The SMILES string of the molecule is CCc1nc(SCC(=O)N/N=C(\C)c2ccccc2Cl)n[nH]1. The number of benzene rings is 1. The fourth-order valence-electron chi connectivity index (χ4n) is 1.62. The van der Waals surface area contributed by atoms with Crippen LogP contribution in [0.25, 0.3) is 0 Å². The number of carbonyl (C=O) groups excluding carboxylic acids is 1. The second-order valence-electron chi connectivity index (χ2n) is 4.42. The molecule has 1 heterocycles. The predicted molar refractivity (Wildman–Crippen MR) is 88.3 cm³/mol. The molecule has 1 amide bonds. The van der Waals surface area contributed by atoms with Gasteiger partial charge in [0.1, 0.15) is 5.82 Å². The summed E-state index contributed by atoms with van der Waals surface area (Å²) in [7, 11) is 0. The number of hydrogen-bond acceptors (Lipinski definition) is 5. The number of aromatic nitrogens is 3. The quantitative estimate of drug-likeness (QED) is 0.482. The zero-order valence-corrected chi connectivity index (χ0v) is 13.8. The van der Waals surface area contributed by atoms with Crippen molar-refractivity contribution in [2.75, 3.05) is 5.75 Å². The van der Waals surface area contributed by atoms with Crippen molar-refractivity contribution in [3.63, 3.8) is 0 Å². The summed E-state index contributed by atoms with van der Waals surface area (Å²) in [6, 6.07) is 7.34. The van der Waals surface area contributed by atoms with Crippen molar-refractivity contribution in [1.82, 2.24) is 20.6 Å². The van der Waals surface area contributed by atoms with Gasteiger partial charge in [-0.3, -0.25) is 9.89 Å². The van der Waals surface area contributed by atoms with Crippen molar-refractivity contribution in [3.8, 4) is 0 Å². The third-order valence-electron chi connectivity index (χ3n) is 2.79. The van der Waals surface area contributed by atoms with E-state index in [4.69, 9.17) is 11.6 Å². The van der Waals surface area contributed by atoms with Gasteiger partial charge in [-0.05, 0) is 13.0 Å². The van der Waals surface area contributed by atoms with E-state index in [0.717, 1.165) is 17.8 Å². The van der Waals surface area contributed by atoms with Gasteiger partial charge in [0.15, 0.2) is 0 Å². The third kappa shape index (κ3) is 4.57. The van der Waals surface area contributed by atoms with Gasteiger partial charge in [-0.2, -0.15) is 5.10 Å². The molecule has 8 heteroatoms. The Labute approximate surface area is 137 Å². The summed E-state index contributed by atoms with van der Waals surface area (Å²) < 4.78 is 0. The number of aromatic amines is 1. The van der Waals surface area contributed by atoms with Crippen molar-refractivity contribution >= 4 is 35.0 Å². The van der Waals surface area contributed by atoms with Crippen LogP contribution in [-0.4, -0.2) is 32.6 Å². The maximum absolute atomic E-state index is 11.8. The van der Waals surface area contributed by atoms with E-state index < -0.39 is 0 Å². The summed E-state index contributed by atoms with van der Waals surface area (Å²) in [6.45, 7) is 3.77. The molecule has 1 aromatic carbocycles. The Hall–Kier alpha value is -1.86. The van der Waals surface area contributed by atoms with E-state index in [9.17, 15) is 4.79 Å². The number of amides is 1. The molecule has 0 aliphatic heterocycles. The zero-order valence-electron chi connectivity index (χ0n) is 12.3. The first-order chi connectivity index (χ1) is 10.6. The second kappa shape index (κ2) is 7.95. The Morgan fingerprint density at radius 2 is 2.23 bits per heavy atom. The lowest BCUT2D eigenvalue weighted by molar-refractivity contribution is -0.118. The Bertz CT molecular complexity index is 685. The van der Waals surface area contributed by atoms with Gasteiger partial charge in [-0.15, -0.1) is 5.10 Å². The summed E-state index contributed by atoms with van der Waals surface area (Å²) in [4.78, 5) is 16.0. The van der Waals surface area contributed by atoms with Gasteiger partial charge in [0.2, 0.25) is 5.16 Å². The van der Waals surface area contributed by atoms with Gasteiger partial charge in [0.05, 0.1) is 11.5 Å². The summed E-state index contributed by atoms with van der Waals surface area (Å²) in [5.41, 5.74) is 3.94. The smallest absolute Gasteiger partial charge is 0.250 e. The number of nitrogens with zero attached hydrogens (tertiary/aromatic N) is 3. The first kappa shape index (κ1) is 16.5. The van der Waals surface area contributed by atoms with Crippen LogP contribution < -0.4 is 5.43 Å². The highest BCUT2D eigenvalue weighted by Gasteiger charge is 2.07. The maximum atomic E-state index is 11.8. The van der Waals surface area contributed by atoms with Crippen LogP contribution in [0.15, 0.2) is 34.5 Å². The largest absolute Gasteiger partial charge is 0.272 e. The number of nitrogens with one attached hydrogen (secondary N) is 2. The number of hydrazone groups is 1. The fraction of sp³-hybridized carbons (Fsp3) is 0.286. The minimum Gasteiger partial charge on any atom is -0.272 e. The minimum atomic E-state index is -0.223. The molecule has 0 fully saturated rings. The highest BCUT2D eigenvalue weighted by atomic mass is 35.5. The fourth-order valence-corrected chi connectivity index (χ4v) is 2.51. The molecule has 0 radical (unpaired) electrons. The van der Waals surface area contributed by atoms with Crippen molar-refractivity contribution in [1.29, 1.82) is 0 Å². The predicted octanol–water partition coefficient (Wildman–Crippen LogP) is 2.65. The van der Waals surface area contributed by atoms with E-state index in [1.165, 1.54) is 11.8 Å². The molecule has 2 rings (SSSR count). The molecule has 0 spiro atoms. The van der Waals surface area contributed by atoms with E-state index in [0.29, 0.717) is 15.9 Å². The minimum absolute atomic E-state index is 0.195. The average molecular weight is 338 g/mol. The monoisotopic (exact) mass is 337 g/mol. The van der Waals surface area contributed by atoms with Crippen LogP contribution in [0.2, 0.25) is 5.02 Å². The van der Waals surface area contributed by atoms with Crippen LogP contribution in [0, 0.1) is 0 Å². The molecule has 116 valence electrons. The first-order valence-corrected chi connectivity index (χ1v) is 8.08. The number of aryl methyl sites for hydroxylation is 1. The van der Waals surface area contributed by atoms with E-state index in [-0.39, 0.29) is 11.7 Å². The van der Waals surface area contributed by atoms with E-state index in [2.05, 4.69) is 25.7 Å². The molecule has 0 unspecified atom stereocenters. The van der Waals surface area contributed by atoms with Crippen LogP contribution in [0.3, 0.4) is 0 Å². The standard InChI is InChI=1S/C14H16ClN5OS/c1-3-12-16-14(20-18-12)22-8-13(21)19-17-9(2)10-6-4-5-7-11(10)15/h4-7H,3,8H2,1-2H3,(H,19,21)(H,16,18,20)/b17-9+. The lowest BCUT2D eigenvalue weighted by Crippen LogP contribution is -2.21. The summed E-state index contributed by atoms with van der Waals surface area (Å²) in [5.74, 6) is 0.773. The number of halogens is 1. The molecule has 2 aromatic rings. The van der Waals surface area contributed by atoms with Crippen molar-refractivity contribution in [2.45, 2.75) is 25.4 Å². The average Bonchev–Trinajstić information content (AvgIpc) is 2.99. The molecule has 6 nitrogen and oxygen atoms in total. The highest BCUT2D eigenvalue weighted by Crippen LogP contribution is 2.15. The van der Waals surface area contributed by atoms with Gasteiger partial charge in [-0.1, -0.05) is 48.5 Å². The lowest BCUT2D eigenvalue weighted by atomic mass is 10.1. The van der Waals surface area contributed by atoms with Crippen LogP contribution in [0.5, 0.6) is 0 Å². The third-order valence-corrected chi connectivity index (χ3v) is 3.97. The Balaban J connectivity index is 1.86. The molecular weight excluding hydrogens is 322 g/mol. The molecular formula is C14H16ClN5OS. The Morgan fingerprint density at radius 3 is 2.91 bits per heavy atom. The van der Waals surface area contributed by atoms with E-state index >= 15 is 0 Å². The molecule has 22 heavy (non-hydrogen) atoms. The maximum Gasteiger partial charge on any atom is 0.250 e. The van der Waals surface area contributed by atoms with E-state index in [1.807, 2.05) is 25.1 Å². The highest BCUT2D eigenvalue weighted by molar-refractivity contribution is 7.99. The number of rotatable bonds is 6. The van der Waals surface area contributed by atoms with Crippen molar-refractivity contribution in [3.05, 3.63) is 40.7 Å². The van der Waals surface area contributed by atoms with Gasteiger partial charge in [-0.25, -0.2) is 10.4 Å². The summed E-state index contributed by atoms with van der Waals surface area (Å²) >= 11 is 7.33. The van der Waals surface area contributed by atoms with Gasteiger partial charge >= 0.3 is 0 Å². The molecule has 0 saturated carbocycles. The van der Waals surface area contributed by atoms with Crippen LogP contribution >= 0.6 is 23.4 Å². The van der Waals surface area contributed by atoms with Crippen molar-refractivity contribution in [2.24, 2.45) is 5.10 Å². The number of thioether (sulfide) groups is 1. The van der Waals surface area contributed by atoms with E-state index in [1.54, 1.807) is 13.0 Å². The zero-order chi connectivity index (χ0) is 15.9. The van der Waals surface area contributed by atoms with Crippen LogP contribution in [0.1, 0.15) is 25.2 Å². The molecule has 2 N–H and O–H groups in total. The number of carbonyl (C=O) groups is 1. The van der Waals surface area contributed by atoms with Gasteiger partial charge in [0.25, 0.3) is 5.91 Å². The summed E-state index contributed by atoms with van der Waals surface area (Å²) in [5, 5.41) is 12.0. The molecule has 1 aromatic heterocycles. The Morgan fingerprint density at radius 1 is 1.45 bits per heavy atom. The molecule has 0 aliphatic carbocycles. The van der Waals surface area contributed by atoms with Crippen molar-refractivity contribution < 1.29 is 4.79 Å². The number of hydrogen-bond donors (Lipinski definition) is 2. The second-order valence-corrected chi connectivity index (χ2v) is 5.77. The Kier molecular flexibility index (Phi) is 5.97. The molecule has 0 bridgehead atoms. The molecule has 0 saturated heterocycles. The van der Waals surface area contributed by atoms with Crippen LogP contribution in [-0.2, 0) is 11.2 Å². The lowest BCUT2D eigenvalue weighted by Gasteiger charge is -2.04. The normalized spacial score (nSPS) is 11.5. The first-order valence-electron chi connectivity index (χ1n) is 6.72.